The maximum atomic E-state index is 11.5. The van der Waals surface area contributed by atoms with E-state index in [0.717, 1.165) is 0 Å². The second kappa shape index (κ2) is 4.10. The molecule has 86 valence electrons. The maximum absolute atomic E-state index is 11.5. The van der Waals surface area contributed by atoms with Gasteiger partial charge in [-0.2, -0.15) is 0 Å². The molecule has 0 amide bonds. The zero-order valence-corrected chi connectivity index (χ0v) is 9.50. The summed E-state index contributed by atoms with van der Waals surface area (Å²) >= 11 is 0. The Morgan fingerprint density at radius 2 is 2.07 bits per heavy atom. The summed E-state index contributed by atoms with van der Waals surface area (Å²) in [5.41, 5.74) is 5.24. The molecule has 0 saturated carbocycles. The van der Waals surface area contributed by atoms with Gasteiger partial charge in [-0.1, -0.05) is 0 Å². The molecule has 4 N–H and O–H groups in total. The first-order chi connectivity index (χ1) is 6.88. The minimum atomic E-state index is -0.329. The van der Waals surface area contributed by atoms with Crippen LogP contribution in [0.2, 0.25) is 0 Å². The third kappa shape index (κ3) is 2.41. The summed E-state index contributed by atoms with van der Waals surface area (Å²) in [6.07, 6.45) is 1.21. The Labute approximate surface area is 88.9 Å². The highest BCUT2D eigenvalue weighted by atomic mass is 16.3. The summed E-state index contributed by atoms with van der Waals surface area (Å²) in [7, 11) is 0. The lowest BCUT2D eigenvalue weighted by Gasteiger charge is -2.20. The summed E-state index contributed by atoms with van der Waals surface area (Å²) in [5, 5.41) is 12.5. The molecule has 0 aromatic carbocycles. The molecule has 0 bridgehead atoms. The van der Waals surface area contributed by atoms with E-state index in [1.54, 1.807) is 0 Å². The molecule has 5 nitrogen and oxygen atoms in total. The molecule has 0 aliphatic carbocycles. The predicted molar refractivity (Wildman–Crippen MR) is 59.1 cm³/mol. The van der Waals surface area contributed by atoms with Gasteiger partial charge < -0.3 is 10.8 Å². The van der Waals surface area contributed by atoms with Gasteiger partial charge in [0.1, 0.15) is 0 Å². The average molecular weight is 213 g/mol. The van der Waals surface area contributed by atoms with Crippen LogP contribution in [-0.4, -0.2) is 21.4 Å². The van der Waals surface area contributed by atoms with Gasteiger partial charge in [0.25, 0.3) is 5.56 Å². The van der Waals surface area contributed by atoms with Crippen molar-refractivity contribution in [3.05, 3.63) is 15.9 Å². The minimum Gasteiger partial charge on any atom is -0.493 e. The van der Waals surface area contributed by atoms with E-state index in [4.69, 9.17) is 5.73 Å². The Morgan fingerprint density at radius 1 is 1.47 bits per heavy atom. The number of aromatic amines is 1. The summed E-state index contributed by atoms with van der Waals surface area (Å²) in [5.74, 6) is 0.0287. The first-order valence-electron chi connectivity index (χ1n) is 5.11. The largest absolute Gasteiger partial charge is 0.493 e. The van der Waals surface area contributed by atoms with Crippen molar-refractivity contribution in [1.29, 1.82) is 0 Å². The van der Waals surface area contributed by atoms with Crippen LogP contribution in [0.4, 0.5) is 0 Å². The highest BCUT2D eigenvalue weighted by Crippen LogP contribution is 2.22. The molecule has 0 unspecified atom stereocenters. The van der Waals surface area contributed by atoms with Gasteiger partial charge in [0, 0.05) is 0 Å². The number of nitrogens with two attached hydrogens (primary N) is 1. The zero-order chi connectivity index (χ0) is 11.6. The lowest BCUT2D eigenvalue weighted by atomic mass is 10.1. The molecular formula is C10H19N3O2. The van der Waals surface area contributed by atoms with Gasteiger partial charge in [0.2, 0.25) is 5.88 Å². The van der Waals surface area contributed by atoms with Crippen LogP contribution in [0.15, 0.2) is 4.79 Å². The highest BCUT2D eigenvalue weighted by Gasteiger charge is 2.21. The van der Waals surface area contributed by atoms with Crippen molar-refractivity contribution in [2.45, 2.75) is 39.2 Å². The van der Waals surface area contributed by atoms with E-state index in [9.17, 15) is 9.90 Å². The van der Waals surface area contributed by atoms with E-state index in [-0.39, 0.29) is 17.0 Å². The smallest absolute Gasteiger partial charge is 0.271 e. The summed E-state index contributed by atoms with van der Waals surface area (Å²) in [4.78, 5) is 11.5. The second-order valence-corrected chi connectivity index (χ2v) is 4.64. The molecule has 0 aliphatic rings. The molecule has 0 saturated heterocycles. The predicted octanol–water partition coefficient (Wildman–Crippen LogP) is 0.528. The van der Waals surface area contributed by atoms with Gasteiger partial charge in [0.05, 0.1) is 11.1 Å². The number of rotatable bonds is 3. The lowest BCUT2D eigenvalue weighted by Crippen LogP contribution is -2.24. The van der Waals surface area contributed by atoms with Crippen molar-refractivity contribution in [1.82, 2.24) is 9.78 Å². The number of aromatic hydroxyl groups is 1. The van der Waals surface area contributed by atoms with E-state index in [1.165, 1.54) is 4.68 Å². The Balaban J connectivity index is 3.10. The normalized spacial score (nSPS) is 12.0. The monoisotopic (exact) mass is 213 g/mol. The zero-order valence-electron chi connectivity index (χ0n) is 9.50. The van der Waals surface area contributed by atoms with Gasteiger partial charge in [0.15, 0.2) is 0 Å². The number of nitrogens with zero attached hydrogens (tertiary/aromatic N) is 1. The van der Waals surface area contributed by atoms with Crippen molar-refractivity contribution in [2.24, 2.45) is 5.73 Å². The summed E-state index contributed by atoms with van der Waals surface area (Å²) in [6, 6.07) is 0. The fourth-order valence-electron chi connectivity index (χ4n) is 1.45. The van der Waals surface area contributed by atoms with Crippen LogP contribution < -0.4 is 11.3 Å². The average Bonchev–Trinajstić information content (AvgIpc) is 2.39. The van der Waals surface area contributed by atoms with Crippen LogP contribution in [0, 0.1) is 0 Å². The molecule has 0 spiro atoms. The van der Waals surface area contributed by atoms with Gasteiger partial charge >= 0.3 is 0 Å². The third-order valence-corrected chi connectivity index (χ3v) is 2.27. The van der Waals surface area contributed by atoms with Crippen LogP contribution in [-0.2, 0) is 12.0 Å². The van der Waals surface area contributed by atoms with Crippen molar-refractivity contribution in [3.63, 3.8) is 0 Å². The molecule has 0 radical (unpaired) electrons. The number of aromatic nitrogens is 2. The number of hydrogen-bond acceptors (Lipinski definition) is 3. The maximum Gasteiger partial charge on any atom is 0.271 e. The van der Waals surface area contributed by atoms with Gasteiger partial charge in [-0.05, 0) is 40.2 Å². The van der Waals surface area contributed by atoms with E-state index in [2.05, 4.69) is 5.10 Å². The van der Waals surface area contributed by atoms with E-state index < -0.39 is 0 Å². The molecule has 1 heterocycles. The Hall–Kier alpha value is -1.23. The molecule has 15 heavy (non-hydrogen) atoms. The number of nitrogens with one attached hydrogen (secondary N) is 1. The first kappa shape index (κ1) is 11.8. The van der Waals surface area contributed by atoms with E-state index >= 15 is 0 Å². The Morgan fingerprint density at radius 3 is 2.47 bits per heavy atom. The third-order valence-electron chi connectivity index (χ3n) is 2.27. The minimum absolute atomic E-state index is 0.0287. The number of H-pyrrole nitrogens is 1. The Bertz CT molecular complexity index is 384. The first-order valence-corrected chi connectivity index (χ1v) is 5.11. The number of hydrogen-bond donors (Lipinski definition) is 3. The standard InChI is InChI=1S/C10H19N3O2/c1-10(2,3)13-9(15)7(5-4-6-11)8(14)12-13/h15H,4-6,11H2,1-3H3,(H,12,14). The highest BCUT2D eigenvalue weighted by molar-refractivity contribution is 5.24. The van der Waals surface area contributed by atoms with Crippen LogP contribution in [0.3, 0.4) is 0 Å². The topological polar surface area (TPSA) is 84.0 Å². The quantitative estimate of drug-likeness (QED) is 0.684. The molecule has 1 rings (SSSR count). The van der Waals surface area contributed by atoms with Gasteiger partial charge in [-0.3, -0.25) is 9.89 Å². The van der Waals surface area contributed by atoms with Crippen LogP contribution >= 0.6 is 0 Å². The van der Waals surface area contributed by atoms with Crippen LogP contribution in [0.1, 0.15) is 32.8 Å². The van der Waals surface area contributed by atoms with Crippen LogP contribution in [0.25, 0.3) is 0 Å². The molecule has 0 atom stereocenters. The summed E-state index contributed by atoms with van der Waals surface area (Å²) < 4.78 is 1.49. The van der Waals surface area contributed by atoms with E-state index in [0.29, 0.717) is 24.9 Å². The fraction of sp³-hybridized carbons (Fsp3) is 0.700. The molecule has 1 aromatic rings. The fourth-order valence-corrected chi connectivity index (χ4v) is 1.45. The molecule has 5 heteroatoms. The van der Waals surface area contributed by atoms with Crippen molar-refractivity contribution >= 4 is 0 Å². The SMILES string of the molecule is CC(C)(C)n1[nH]c(=O)c(CCCN)c1O. The van der Waals surface area contributed by atoms with E-state index in [1.807, 2.05) is 20.8 Å². The molecule has 1 aromatic heterocycles. The van der Waals surface area contributed by atoms with Crippen LogP contribution in [0.5, 0.6) is 5.88 Å². The lowest BCUT2D eigenvalue weighted by molar-refractivity contribution is 0.292. The molecule has 0 aliphatic heterocycles. The summed E-state index contributed by atoms with van der Waals surface area (Å²) in [6.45, 7) is 6.25. The van der Waals surface area contributed by atoms with Crippen molar-refractivity contribution in [2.75, 3.05) is 6.54 Å². The molecular weight excluding hydrogens is 194 g/mol. The Kier molecular flexibility index (Phi) is 3.24. The van der Waals surface area contributed by atoms with Gasteiger partial charge in [-0.25, -0.2) is 4.68 Å². The van der Waals surface area contributed by atoms with Gasteiger partial charge in [-0.15, -0.1) is 0 Å². The van der Waals surface area contributed by atoms with Crippen molar-refractivity contribution < 1.29 is 5.11 Å². The second-order valence-electron chi connectivity index (χ2n) is 4.64. The molecule has 0 fully saturated rings. The van der Waals surface area contributed by atoms with Crippen molar-refractivity contribution in [3.8, 4) is 5.88 Å².